The van der Waals surface area contributed by atoms with Crippen LogP contribution in [-0.4, -0.2) is 45.7 Å². The number of fused-ring (bicyclic) bond motifs is 1. The number of halogens is 1. The van der Waals surface area contributed by atoms with Crippen LogP contribution in [0.1, 0.15) is 20.3 Å². The average Bonchev–Trinajstić information content (AvgIpc) is 2.79. The molecule has 0 spiro atoms. The van der Waals surface area contributed by atoms with Gasteiger partial charge in [0.05, 0.1) is 5.02 Å². The molecular weight excluding hydrogens is 262 g/mol. The van der Waals surface area contributed by atoms with Crippen molar-refractivity contribution in [1.82, 2.24) is 19.5 Å². The van der Waals surface area contributed by atoms with Crippen LogP contribution in [0.5, 0.6) is 0 Å². The summed E-state index contributed by atoms with van der Waals surface area (Å²) in [5.41, 5.74) is 0.794. The van der Waals surface area contributed by atoms with E-state index in [9.17, 15) is 0 Å². The topological polar surface area (TPSA) is 45.5 Å². The normalized spacial score (nSPS) is 13.1. The Hall–Kier alpha value is -1.33. The molecule has 1 unspecified atom stereocenters. The summed E-state index contributed by atoms with van der Waals surface area (Å²) in [5, 5.41) is 8.22. The van der Waals surface area contributed by atoms with Crippen LogP contribution >= 0.6 is 11.6 Å². The van der Waals surface area contributed by atoms with Crippen molar-refractivity contribution < 1.29 is 0 Å². The second kappa shape index (κ2) is 6.21. The summed E-state index contributed by atoms with van der Waals surface area (Å²) >= 11 is 5.91. The molecule has 19 heavy (non-hydrogen) atoms. The van der Waals surface area contributed by atoms with E-state index in [2.05, 4.69) is 41.2 Å². The second-order valence-corrected chi connectivity index (χ2v) is 5.19. The van der Waals surface area contributed by atoms with Crippen molar-refractivity contribution in [3.8, 4) is 0 Å². The maximum absolute atomic E-state index is 5.91. The minimum atomic E-state index is 0.592. The van der Waals surface area contributed by atoms with Gasteiger partial charge < -0.3 is 10.2 Å². The zero-order valence-electron chi connectivity index (χ0n) is 11.6. The molecule has 2 heterocycles. The summed E-state index contributed by atoms with van der Waals surface area (Å²) in [6.07, 6.45) is 2.90. The van der Waals surface area contributed by atoms with E-state index < -0.39 is 0 Å². The molecule has 0 aliphatic heterocycles. The summed E-state index contributed by atoms with van der Waals surface area (Å²) in [5.74, 6) is 0.639. The lowest BCUT2D eigenvalue weighted by molar-refractivity contribution is 0.261. The van der Waals surface area contributed by atoms with Gasteiger partial charge in [0.15, 0.2) is 5.65 Å². The lowest BCUT2D eigenvalue weighted by atomic mass is 10.2. The number of likely N-dealkylation sites (N-methyl/N-ethyl adjacent to an activating group) is 1. The number of nitrogens with one attached hydrogen (secondary N) is 1. The Morgan fingerprint density at radius 3 is 3.00 bits per heavy atom. The summed E-state index contributed by atoms with van der Waals surface area (Å²) in [7, 11) is 2.13. The first-order chi connectivity index (χ1) is 9.10. The van der Waals surface area contributed by atoms with E-state index in [1.807, 2.05) is 12.1 Å². The van der Waals surface area contributed by atoms with Gasteiger partial charge >= 0.3 is 0 Å². The maximum Gasteiger partial charge on any atom is 0.243 e. The van der Waals surface area contributed by atoms with Gasteiger partial charge in [-0.25, -0.2) is 4.52 Å². The molecule has 0 radical (unpaired) electrons. The molecule has 0 aromatic carbocycles. The van der Waals surface area contributed by atoms with E-state index in [4.69, 9.17) is 11.6 Å². The molecule has 1 N–H and O–H groups in total. The fourth-order valence-electron chi connectivity index (χ4n) is 1.81. The first-order valence-electron chi connectivity index (χ1n) is 6.56. The van der Waals surface area contributed by atoms with Gasteiger partial charge in [0.2, 0.25) is 5.95 Å². The van der Waals surface area contributed by atoms with Crippen LogP contribution in [0.3, 0.4) is 0 Å². The highest BCUT2D eigenvalue weighted by Crippen LogP contribution is 2.11. The number of anilines is 1. The van der Waals surface area contributed by atoms with Gasteiger partial charge in [-0.2, -0.15) is 4.98 Å². The Balaban J connectivity index is 1.91. The molecule has 0 aliphatic carbocycles. The molecule has 2 aromatic heterocycles. The predicted octanol–water partition coefficient (Wildman–Crippen LogP) is 2.52. The SMILES string of the molecule is CCC(C)N(C)CCNc1nc2ccc(Cl)cn2n1. The number of pyridine rings is 1. The van der Waals surface area contributed by atoms with Crippen LogP contribution in [-0.2, 0) is 0 Å². The lowest BCUT2D eigenvalue weighted by Gasteiger charge is -2.23. The van der Waals surface area contributed by atoms with Crippen molar-refractivity contribution in [3.63, 3.8) is 0 Å². The van der Waals surface area contributed by atoms with Crippen molar-refractivity contribution in [3.05, 3.63) is 23.4 Å². The molecule has 0 fully saturated rings. The van der Waals surface area contributed by atoms with Gasteiger partial charge in [-0.1, -0.05) is 18.5 Å². The molecule has 2 aromatic rings. The third kappa shape index (κ3) is 3.58. The van der Waals surface area contributed by atoms with Crippen molar-refractivity contribution >= 4 is 23.2 Å². The number of nitrogens with zero attached hydrogens (tertiary/aromatic N) is 4. The van der Waals surface area contributed by atoms with Crippen molar-refractivity contribution in [2.75, 3.05) is 25.5 Å². The smallest absolute Gasteiger partial charge is 0.243 e. The molecule has 104 valence electrons. The molecule has 5 nitrogen and oxygen atoms in total. The van der Waals surface area contributed by atoms with E-state index in [0.717, 1.165) is 25.2 Å². The van der Waals surface area contributed by atoms with Crippen molar-refractivity contribution in [2.24, 2.45) is 0 Å². The van der Waals surface area contributed by atoms with Gasteiger partial charge in [0, 0.05) is 25.3 Å². The standard InChI is InChI=1S/C13H20ClN5/c1-4-10(2)18(3)8-7-15-13-16-12-6-5-11(14)9-19(12)17-13/h5-6,9-10H,4,7-8H2,1-3H3,(H,15,17). The molecule has 2 rings (SSSR count). The van der Waals surface area contributed by atoms with Crippen molar-refractivity contribution in [2.45, 2.75) is 26.3 Å². The summed E-state index contributed by atoms with van der Waals surface area (Å²) < 4.78 is 1.68. The van der Waals surface area contributed by atoms with E-state index in [1.54, 1.807) is 10.7 Å². The minimum Gasteiger partial charge on any atom is -0.352 e. The van der Waals surface area contributed by atoms with Gasteiger partial charge in [-0.15, -0.1) is 5.10 Å². The maximum atomic E-state index is 5.91. The molecule has 0 amide bonds. The Morgan fingerprint density at radius 1 is 1.47 bits per heavy atom. The van der Waals surface area contributed by atoms with Crippen LogP contribution in [0.4, 0.5) is 5.95 Å². The molecule has 0 saturated carbocycles. The molecule has 0 bridgehead atoms. The third-order valence-electron chi connectivity index (χ3n) is 3.39. The van der Waals surface area contributed by atoms with Gasteiger partial charge in [0.25, 0.3) is 0 Å². The lowest BCUT2D eigenvalue weighted by Crippen LogP contribution is -2.32. The third-order valence-corrected chi connectivity index (χ3v) is 3.61. The Labute approximate surface area is 118 Å². The Kier molecular flexibility index (Phi) is 4.61. The number of aromatic nitrogens is 3. The van der Waals surface area contributed by atoms with Crippen LogP contribution in [0.25, 0.3) is 5.65 Å². The van der Waals surface area contributed by atoms with Crippen LogP contribution in [0.15, 0.2) is 18.3 Å². The van der Waals surface area contributed by atoms with E-state index in [1.165, 1.54) is 0 Å². The van der Waals surface area contributed by atoms with Crippen molar-refractivity contribution in [1.29, 1.82) is 0 Å². The average molecular weight is 282 g/mol. The van der Waals surface area contributed by atoms with Crippen LogP contribution in [0.2, 0.25) is 5.02 Å². The molecule has 0 aliphatic rings. The predicted molar refractivity (Wildman–Crippen MR) is 78.9 cm³/mol. The number of hydrogen-bond donors (Lipinski definition) is 1. The minimum absolute atomic E-state index is 0.592. The first-order valence-corrected chi connectivity index (χ1v) is 6.94. The summed E-state index contributed by atoms with van der Waals surface area (Å²) in [4.78, 5) is 6.70. The van der Waals surface area contributed by atoms with E-state index in [-0.39, 0.29) is 0 Å². The molecule has 6 heteroatoms. The number of hydrogen-bond acceptors (Lipinski definition) is 4. The Morgan fingerprint density at radius 2 is 2.26 bits per heavy atom. The van der Waals surface area contributed by atoms with Gasteiger partial charge in [-0.05, 0) is 32.5 Å². The fraction of sp³-hybridized carbons (Fsp3) is 0.538. The molecule has 0 saturated heterocycles. The second-order valence-electron chi connectivity index (χ2n) is 4.75. The van der Waals surface area contributed by atoms with Crippen LogP contribution < -0.4 is 5.32 Å². The zero-order chi connectivity index (χ0) is 13.8. The highest BCUT2D eigenvalue weighted by Gasteiger charge is 2.07. The van der Waals surface area contributed by atoms with E-state index >= 15 is 0 Å². The Bertz CT molecular complexity index is 539. The quantitative estimate of drug-likeness (QED) is 0.884. The molecule has 1 atom stereocenters. The molecular formula is C13H20ClN5. The summed E-state index contributed by atoms with van der Waals surface area (Å²) in [6.45, 7) is 6.21. The number of rotatable bonds is 6. The van der Waals surface area contributed by atoms with Crippen LogP contribution in [0, 0.1) is 0 Å². The van der Waals surface area contributed by atoms with E-state index in [0.29, 0.717) is 17.0 Å². The monoisotopic (exact) mass is 281 g/mol. The zero-order valence-corrected chi connectivity index (χ0v) is 12.4. The highest BCUT2D eigenvalue weighted by atomic mass is 35.5. The van der Waals surface area contributed by atoms with Gasteiger partial charge in [0.1, 0.15) is 0 Å². The highest BCUT2D eigenvalue weighted by molar-refractivity contribution is 6.30. The van der Waals surface area contributed by atoms with Gasteiger partial charge in [-0.3, -0.25) is 0 Å². The fourth-order valence-corrected chi connectivity index (χ4v) is 1.96. The first kappa shape index (κ1) is 14.1. The largest absolute Gasteiger partial charge is 0.352 e. The summed E-state index contributed by atoms with van der Waals surface area (Å²) in [6, 6.07) is 4.26.